The molecule has 0 saturated heterocycles. The van der Waals surface area contributed by atoms with E-state index >= 15 is 0 Å². The van der Waals surface area contributed by atoms with E-state index in [2.05, 4.69) is 4.98 Å². The molecule has 0 spiro atoms. The fourth-order valence-corrected chi connectivity index (χ4v) is 4.53. The third-order valence-corrected chi connectivity index (χ3v) is 6.44. The van der Waals surface area contributed by atoms with Gasteiger partial charge in [-0.3, -0.25) is 0 Å². The summed E-state index contributed by atoms with van der Waals surface area (Å²) in [5.41, 5.74) is 3.87. The SMILES string of the molecule is Cc1c(-c2cn(Cc3ccccc3C(F)(F)F)cn2)nn(-c2ccccc2Cl)c1-c1ccc(Cl)cc1. The van der Waals surface area contributed by atoms with Crippen LogP contribution in [0.15, 0.2) is 85.3 Å². The second-order valence-electron chi connectivity index (χ2n) is 8.28. The average molecular weight is 527 g/mol. The Labute approximate surface area is 215 Å². The van der Waals surface area contributed by atoms with Gasteiger partial charge in [-0.1, -0.05) is 65.7 Å². The van der Waals surface area contributed by atoms with Gasteiger partial charge in [0.25, 0.3) is 0 Å². The second-order valence-corrected chi connectivity index (χ2v) is 9.12. The van der Waals surface area contributed by atoms with Crippen LogP contribution in [0.2, 0.25) is 10.0 Å². The number of aromatic nitrogens is 4. The Morgan fingerprint density at radius 3 is 2.31 bits per heavy atom. The molecule has 5 rings (SSSR count). The van der Waals surface area contributed by atoms with Crippen LogP contribution in [-0.4, -0.2) is 19.3 Å². The van der Waals surface area contributed by atoms with E-state index in [0.717, 1.165) is 22.9 Å². The Balaban J connectivity index is 1.59. The van der Waals surface area contributed by atoms with Crippen molar-refractivity contribution in [3.05, 3.63) is 112 Å². The number of benzene rings is 3. The van der Waals surface area contributed by atoms with Crippen molar-refractivity contribution in [2.75, 3.05) is 0 Å². The van der Waals surface area contributed by atoms with Crippen LogP contribution < -0.4 is 0 Å². The van der Waals surface area contributed by atoms with E-state index in [-0.39, 0.29) is 12.1 Å². The van der Waals surface area contributed by atoms with Crippen LogP contribution in [0, 0.1) is 6.92 Å². The number of rotatable bonds is 5. The van der Waals surface area contributed by atoms with E-state index in [1.165, 1.54) is 18.5 Å². The Hall–Kier alpha value is -3.55. The van der Waals surface area contributed by atoms with Crippen molar-refractivity contribution in [3.8, 4) is 28.3 Å². The summed E-state index contributed by atoms with van der Waals surface area (Å²) in [6, 6.07) is 20.3. The summed E-state index contributed by atoms with van der Waals surface area (Å²) < 4.78 is 43.7. The van der Waals surface area contributed by atoms with Crippen molar-refractivity contribution in [2.45, 2.75) is 19.6 Å². The number of halogens is 5. The fraction of sp³-hybridized carbons (Fsp3) is 0.111. The molecule has 2 aromatic heterocycles. The molecule has 2 heterocycles. The van der Waals surface area contributed by atoms with Gasteiger partial charge in [-0.25, -0.2) is 9.67 Å². The molecule has 0 aliphatic rings. The van der Waals surface area contributed by atoms with Gasteiger partial charge in [0.15, 0.2) is 0 Å². The first-order valence-electron chi connectivity index (χ1n) is 11.0. The van der Waals surface area contributed by atoms with Gasteiger partial charge in [-0.2, -0.15) is 18.3 Å². The topological polar surface area (TPSA) is 35.6 Å². The van der Waals surface area contributed by atoms with Gasteiger partial charge < -0.3 is 4.57 Å². The maximum Gasteiger partial charge on any atom is 0.416 e. The number of hydrogen-bond donors (Lipinski definition) is 0. The van der Waals surface area contributed by atoms with Gasteiger partial charge in [0.1, 0.15) is 11.4 Å². The molecule has 0 unspecified atom stereocenters. The van der Waals surface area contributed by atoms with Crippen LogP contribution in [0.1, 0.15) is 16.7 Å². The molecule has 3 aromatic carbocycles. The van der Waals surface area contributed by atoms with Crippen molar-refractivity contribution in [3.63, 3.8) is 0 Å². The molecule has 0 aliphatic heterocycles. The predicted octanol–water partition coefficient (Wildman–Crippen LogP) is 8.09. The van der Waals surface area contributed by atoms with Crippen molar-refractivity contribution in [2.24, 2.45) is 0 Å². The number of nitrogens with zero attached hydrogens (tertiary/aromatic N) is 4. The zero-order valence-electron chi connectivity index (χ0n) is 19.0. The Bertz CT molecular complexity index is 1540. The molecule has 36 heavy (non-hydrogen) atoms. The third kappa shape index (κ3) is 4.64. The van der Waals surface area contributed by atoms with Crippen molar-refractivity contribution < 1.29 is 13.2 Å². The Morgan fingerprint density at radius 2 is 1.58 bits per heavy atom. The van der Waals surface area contributed by atoms with Crippen molar-refractivity contribution in [1.82, 2.24) is 19.3 Å². The van der Waals surface area contributed by atoms with Crippen LogP contribution in [0.5, 0.6) is 0 Å². The molecule has 0 bridgehead atoms. The fourth-order valence-electron chi connectivity index (χ4n) is 4.18. The zero-order valence-corrected chi connectivity index (χ0v) is 20.5. The molecule has 9 heteroatoms. The molecule has 0 amide bonds. The first kappa shape index (κ1) is 24.2. The molecule has 5 aromatic rings. The minimum atomic E-state index is -4.43. The highest BCUT2D eigenvalue weighted by Crippen LogP contribution is 2.36. The largest absolute Gasteiger partial charge is 0.416 e. The van der Waals surface area contributed by atoms with E-state index in [1.807, 2.05) is 37.3 Å². The van der Waals surface area contributed by atoms with Crippen molar-refractivity contribution in [1.29, 1.82) is 0 Å². The minimum Gasteiger partial charge on any atom is -0.332 e. The first-order valence-corrected chi connectivity index (χ1v) is 11.8. The molecule has 0 aliphatic carbocycles. The molecule has 0 radical (unpaired) electrons. The monoisotopic (exact) mass is 526 g/mol. The summed E-state index contributed by atoms with van der Waals surface area (Å²) in [5, 5.41) is 5.96. The minimum absolute atomic E-state index is 0.0248. The second kappa shape index (κ2) is 9.48. The lowest BCUT2D eigenvalue weighted by Crippen LogP contribution is -2.11. The lowest BCUT2D eigenvalue weighted by atomic mass is 10.1. The highest BCUT2D eigenvalue weighted by Gasteiger charge is 2.33. The smallest absolute Gasteiger partial charge is 0.332 e. The molecular weight excluding hydrogens is 508 g/mol. The summed E-state index contributed by atoms with van der Waals surface area (Å²) in [6.45, 7) is 1.95. The molecule has 0 fully saturated rings. The summed E-state index contributed by atoms with van der Waals surface area (Å²) >= 11 is 12.6. The Morgan fingerprint density at radius 1 is 0.889 bits per heavy atom. The lowest BCUT2D eigenvalue weighted by Gasteiger charge is -2.12. The number of para-hydroxylation sites is 1. The summed E-state index contributed by atoms with van der Waals surface area (Å²) in [6.07, 6.45) is -1.22. The average Bonchev–Trinajstić information content (AvgIpc) is 3.44. The third-order valence-electron chi connectivity index (χ3n) is 5.87. The quantitative estimate of drug-likeness (QED) is 0.232. The van der Waals surface area contributed by atoms with E-state index in [9.17, 15) is 13.2 Å². The van der Waals surface area contributed by atoms with Gasteiger partial charge >= 0.3 is 6.18 Å². The van der Waals surface area contributed by atoms with E-state index in [4.69, 9.17) is 28.3 Å². The van der Waals surface area contributed by atoms with Crippen LogP contribution in [-0.2, 0) is 12.7 Å². The Kier molecular flexibility index (Phi) is 6.36. The molecule has 0 atom stereocenters. The normalized spacial score (nSPS) is 11.7. The summed E-state index contributed by atoms with van der Waals surface area (Å²) in [5.74, 6) is 0. The van der Waals surface area contributed by atoms with Crippen LogP contribution >= 0.6 is 23.2 Å². The molecule has 0 N–H and O–H groups in total. The van der Waals surface area contributed by atoms with Gasteiger partial charge in [0.2, 0.25) is 0 Å². The standard InChI is InChI=1S/C27H19Cl2F3N4/c1-17-25(23-15-35(16-33-23)14-19-6-2-3-7-21(19)27(30,31)32)34-36(24-9-5-4-8-22(24)29)26(17)18-10-12-20(28)13-11-18/h2-13,15-16H,14H2,1H3. The van der Waals surface area contributed by atoms with Crippen molar-refractivity contribution >= 4 is 23.2 Å². The van der Waals surface area contributed by atoms with E-state index < -0.39 is 11.7 Å². The van der Waals surface area contributed by atoms with Gasteiger partial charge in [-0.15, -0.1) is 0 Å². The number of hydrogen-bond acceptors (Lipinski definition) is 2. The maximum atomic E-state index is 13.4. The summed E-state index contributed by atoms with van der Waals surface area (Å²) in [7, 11) is 0. The maximum absolute atomic E-state index is 13.4. The predicted molar refractivity (Wildman–Crippen MR) is 136 cm³/mol. The molecule has 182 valence electrons. The van der Waals surface area contributed by atoms with E-state index in [1.54, 1.807) is 39.7 Å². The number of imidazole rings is 1. The summed E-state index contributed by atoms with van der Waals surface area (Å²) in [4.78, 5) is 4.47. The molecule has 4 nitrogen and oxygen atoms in total. The highest BCUT2D eigenvalue weighted by atomic mass is 35.5. The number of alkyl halides is 3. The zero-order chi connectivity index (χ0) is 25.4. The van der Waals surface area contributed by atoms with Gasteiger partial charge in [-0.05, 0) is 42.8 Å². The van der Waals surface area contributed by atoms with Crippen LogP contribution in [0.3, 0.4) is 0 Å². The highest BCUT2D eigenvalue weighted by molar-refractivity contribution is 6.32. The molecule has 0 saturated carbocycles. The van der Waals surface area contributed by atoms with Crippen LogP contribution in [0.4, 0.5) is 13.2 Å². The molecular formula is C27H19Cl2F3N4. The van der Waals surface area contributed by atoms with Crippen LogP contribution in [0.25, 0.3) is 28.3 Å². The van der Waals surface area contributed by atoms with Gasteiger partial charge in [0.05, 0.1) is 28.3 Å². The lowest BCUT2D eigenvalue weighted by molar-refractivity contribution is -0.138. The van der Waals surface area contributed by atoms with Gasteiger partial charge in [0, 0.05) is 28.9 Å². The first-order chi connectivity index (χ1) is 17.2. The van der Waals surface area contributed by atoms with E-state index in [0.29, 0.717) is 27.1 Å².